The van der Waals surface area contributed by atoms with Crippen molar-refractivity contribution in [1.29, 1.82) is 0 Å². The molecule has 0 aliphatic carbocycles. The van der Waals surface area contributed by atoms with Crippen molar-refractivity contribution in [1.82, 2.24) is 0 Å². The lowest BCUT2D eigenvalue weighted by Crippen LogP contribution is -1.70. The molecule has 4 nitrogen and oxygen atoms in total. The van der Waals surface area contributed by atoms with Crippen molar-refractivity contribution < 1.29 is 19.4 Å². The molecule has 0 radical (unpaired) electrons. The molecule has 0 aliphatic rings. The van der Waals surface area contributed by atoms with Crippen LogP contribution in [0.15, 0.2) is 4.42 Å². The molecule has 0 atom stereocenters. The van der Waals surface area contributed by atoms with E-state index < -0.39 is 5.75 Å². The van der Waals surface area contributed by atoms with E-state index in [4.69, 9.17) is 10.2 Å². The van der Waals surface area contributed by atoms with Gasteiger partial charge in [-0.25, -0.2) is 0 Å². The van der Waals surface area contributed by atoms with Crippen LogP contribution >= 0.6 is 0 Å². The molecule has 1 aromatic rings. The summed E-state index contributed by atoms with van der Waals surface area (Å²) < 4.78 is 4.63. The first-order valence-corrected chi connectivity index (χ1v) is 2.63. The molecule has 54 valence electrons. The zero-order valence-corrected chi connectivity index (χ0v) is 5.29. The number of rotatable bonds is 1. The molecular weight excluding hydrogens is 136 g/mol. The Morgan fingerprint density at radius 3 is 2.20 bits per heavy atom. The maximum atomic E-state index is 10.0. The summed E-state index contributed by atoms with van der Waals surface area (Å²) in [5.41, 5.74) is 0. The molecular formula is C6H6O4. The lowest BCUT2D eigenvalue weighted by atomic mass is 10.4. The Bertz CT molecular complexity index is 261. The first-order valence-electron chi connectivity index (χ1n) is 2.63. The summed E-state index contributed by atoms with van der Waals surface area (Å²) in [7, 11) is 0. The van der Waals surface area contributed by atoms with Gasteiger partial charge >= 0.3 is 0 Å². The van der Waals surface area contributed by atoms with Crippen LogP contribution in [0.3, 0.4) is 0 Å². The fourth-order valence-electron chi connectivity index (χ4n) is 0.625. The minimum atomic E-state index is -0.493. The highest BCUT2D eigenvalue weighted by Gasteiger charge is 2.14. The molecule has 0 saturated heterocycles. The highest BCUT2D eigenvalue weighted by atomic mass is 16.4. The number of hydrogen-bond acceptors (Lipinski definition) is 4. The summed E-state index contributed by atoms with van der Waals surface area (Å²) in [4.78, 5) is 10.0. The van der Waals surface area contributed by atoms with Gasteiger partial charge in [0.1, 0.15) is 5.76 Å². The van der Waals surface area contributed by atoms with E-state index in [0.717, 1.165) is 0 Å². The monoisotopic (exact) mass is 142 g/mol. The summed E-state index contributed by atoms with van der Waals surface area (Å²) in [5.74, 6) is -0.968. The molecule has 0 spiro atoms. The van der Waals surface area contributed by atoms with Gasteiger partial charge in [0.2, 0.25) is 17.3 Å². The average Bonchev–Trinajstić information content (AvgIpc) is 2.17. The SMILES string of the molecule is Cc1oc(C=O)c(O)c1O. The maximum absolute atomic E-state index is 10.0. The lowest BCUT2D eigenvalue weighted by molar-refractivity contribution is 0.109. The summed E-state index contributed by atoms with van der Waals surface area (Å²) in [6, 6.07) is 0. The summed E-state index contributed by atoms with van der Waals surface area (Å²) in [6.45, 7) is 1.45. The third kappa shape index (κ3) is 0.737. The molecule has 0 aromatic carbocycles. The number of aromatic hydroxyl groups is 2. The Hall–Kier alpha value is -1.45. The largest absolute Gasteiger partial charge is 0.502 e. The minimum Gasteiger partial charge on any atom is -0.502 e. The molecule has 0 bridgehead atoms. The number of aryl methyl sites for hydroxylation is 1. The van der Waals surface area contributed by atoms with Crippen LogP contribution in [-0.4, -0.2) is 16.5 Å². The Labute approximate surface area is 56.7 Å². The van der Waals surface area contributed by atoms with Crippen molar-refractivity contribution >= 4 is 6.29 Å². The number of carbonyl (C=O) groups excluding carboxylic acids is 1. The number of aldehydes is 1. The molecule has 1 rings (SSSR count). The third-order valence-electron chi connectivity index (χ3n) is 1.16. The molecule has 10 heavy (non-hydrogen) atoms. The van der Waals surface area contributed by atoms with E-state index in [1.807, 2.05) is 0 Å². The topological polar surface area (TPSA) is 70.7 Å². The first-order chi connectivity index (χ1) is 4.66. The predicted octanol–water partition coefficient (Wildman–Crippen LogP) is 0.812. The van der Waals surface area contributed by atoms with Crippen LogP contribution in [0, 0.1) is 6.92 Å². The van der Waals surface area contributed by atoms with Crippen LogP contribution in [0.2, 0.25) is 0 Å². The molecule has 0 amide bonds. The third-order valence-corrected chi connectivity index (χ3v) is 1.16. The molecule has 0 aliphatic heterocycles. The van der Waals surface area contributed by atoms with Crippen LogP contribution in [0.1, 0.15) is 16.3 Å². The smallest absolute Gasteiger partial charge is 0.212 e. The van der Waals surface area contributed by atoms with Crippen molar-refractivity contribution in [2.24, 2.45) is 0 Å². The van der Waals surface area contributed by atoms with E-state index in [2.05, 4.69) is 4.42 Å². The molecule has 4 heteroatoms. The molecule has 0 fully saturated rings. The van der Waals surface area contributed by atoms with E-state index in [-0.39, 0.29) is 17.3 Å². The highest BCUT2D eigenvalue weighted by molar-refractivity contribution is 5.77. The van der Waals surface area contributed by atoms with Crippen LogP contribution in [0.5, 0.6) is 11.5 Å². The van der Waals surface area contributed by atoms with Gasteiger partial charge in [-0.1, -0.05) is 0 Å². The highest BCUT2D eigenvalue weighted by Crippen LogP contribution is 2.33. The zero-order valence-electron chi connectivity index (χ0n) is 5.29. The van der Waals surface area contributed by atoms with Crippen molar-refractivity contribution in [3.05, 3.63) is 11.5 Å². The number of furan rings is 1. The standard InChI is InChI=1S/C6H6O4/c1-3-5(8)6(9)4(2-7)10-3/h2,8-9H,1H3. The van der Waals surface area contributed by atoms with Gasteiger partial charge in [0, 0.05) is 0 Å². The van der Waals surface area contributed by atoms with Gasteiger partial charge in [-0.3, -0.25) is 4.79 Å². The molecule has 0 unspecified atom stereocenters. The Kier molecular flexibility index (Phi) is 1.37. The van der Waals surface area contributed by atoms with Crippen molar-refractivity contribution in [2.45, 2.75) is 6.92 Å². The zero-order chi connectivity index (χ0) is 7.72. The second-order valence-electron chi connectivity index (χ2n) is 1.84. The van der Waals surface area contributed by atoms with E-state index in [1.165, 1.54) is 6.92 Å². The number of carbonyl (C=O) groups is 1. The fraction of sp³-hybridized carbons (Fsp3) is 0.167. The Morgan fingerprint density at radius 1 is 1.40 bits per heavy atom. The minimum absolute atomic E-state index is 0.139. The molecule has 0 saturated carbocycles. The van der Waals surface area contributed by atoms with Crippen LogP contribution in [-0.2, 0) is 0 Å². The van der Waals surface area contributed by atoms with E-state index >= 15 is 0 Å². The Morgan fingerprint density at radius 2 is 2.00 bits per heavy atom. The molecule has 1 aromatic heterocycles. The summed E-state index contributed by atoms with van der Waals surface area (Å²) in [5, 5.41) is 17.7. The van der Waals surface area contributed by atoms with Crippen molar-refractivity contribution in [3.8, 4) is 11.5 Å². The number of hydrogen-bond donors (Lipinski definition) is 2. The van der Waals surface area contributed by atoms with Crippen LogP contribution in [0.25, 0.3) is 0 Å². The maximum Gasteiger partial charge on any atom is 0.212 e. The second kappa shape index (κ2) is 2.06. The summed E-state index contributed by atoms with van der Waals surface area (Å²) in [6.07, 6.45) is 0.335. The fourth-order valence-corrected chi connectivity index (χ4v) is 0.625. The summed E-state index contributed by atoms with van der Waals surface area (Å²) >= 11 is 0. The predicted molar refractivity (Wildman–Crippen MR) is 32.2 cm³/mol. The van der Waals surface area contributed by atoms with Gasteiger partial charge in [-0.05, 0) is 6.92 Å². The van der Waals surface area contributed by atoms with Gasteiger partial charge < -0.3 is 14.6 Å². The quantitative estimate of drug-likeness (QED) is 0.569. The first kappa shape index (κ1) is 6.67. The van der Waals surface area contributed by atoms with Crippen LogP contribution in [0.4, 0.5) is 0 Å². The van der Waals surface area contributed by atoms with E-state index in [0.29, 0.717) is 6.29 Å². The van der Waals surface area contributed by atoms with Gasteiger partial charge in [0.15, 0.2) is 6.29 Å². The van der Waals surface area contributed by atoms with Gasteiger partial charge in [0.25, 0.3) is 0 Å². The lowest BCUT2D eigenvalue weighted by Gasteiger charge is -1.83. The van der Waals surface area contributed by atoms with E-state index in [1.54, 1.807) is 0 Å². The Balaban J connectivity index is 3.30. The van der Waals surface area contributed by atoms with Crippen molar-refractivity contribution in [2.75, 3.05) is 0 Å². The normalized spacial score (nSPS) is 9.70. The molecule has 2 N–H and O–H groups in total. The van der Waals surface area contributed by atoms with Crippen LogP contribution < -0.4 is 0 Å². The van der Waals surface area contributed by atoms with Gasteiger partial charge in [-0.15, -0.1) is 0 Å². The van der Waals surface area contributed by atoms with Crippen molar-refractivity contribution in [3.63, 3.8) is 0 Å². The second-order valence-corrected chi connectivity index (χ2v) is 1.84. The van der Waals surface area contributed by atoms with E-state index in [9.17, 15) is 4.79 Å². The van der Waals surface area contributed by atoms with Gasteiger partial charge in [-0.2, -0.15) is 0 Å². The van der Waals surface area contributed by atoms with Gasteiger partial charge in [0.05, 0.1) is 0 Å². The average molecular weight is 142 g/mol. The molecule has 1 heterocycles.